The van der Waals surface area contributed by atoms with Crippen LogP contribution in [-0.4, -0.2) is 46.9 Å². The van der Waals surface area contributed by atoms with E-state index in [9.17, 15) is 22.8 Å². The van der Waals surface area contributed by atoms with Crippen LogP contribution in [0, 0.1) is 0 Å². The molecule has 0 saturated carbocycles. The minimum atomic E-state index is -4.63. The fourth-order valence-electron chi connectivity index (χ4n) is 1.99. The van der Waals surface area contributed by atoms with Gasteiger partial charge in [0.1, 0.15) is 13.1 Å². The summed E-state index contributed by atoms with van der Waals surface area (Å²) in [6, 6.07) is 1.58. The fourth-order valence-corrected chi connectivity index (χ4v) is 4.33. The first-order valence-corrected chi connectivity index (χ1v) is 8.00. The van der Waals surface area contributed by atoms with Gasteiger partial charge in [-0.1, -0.05) is 0 Å². The summed E-state index contributed by atoms with van der Waals surface area (Å²) >= 11 is 2.86. The summed E-state index contributed by atoms with van der Waals surface area (Å²) in [7, 11) is 0. The van der Waals surface area contributed by atoms with Crippen molar-refractivity contribution in [2.24, 2.45) is 0 Å². The number of rotatable bonds is 4. The van der Waals surface area contributed by atoms with E-state index in [1.807, 2.05) is 0 Å². The van der Waals surface area contributed by atoms with Crippen molar-refractivity contribution >= 4 is 35.0 Å². The number of alkyl halides is 3. The average Bonchev–Trinajstić information content (AvgIpc) is 2.78. The molecule has 0 radical (unpaired) electrons. The number of carboxylic acids is 1. The topological polar surface area (TPSA) is 57.6 Å². The number of aliphatic carboxylic acids is 1. The molecule has 21 heavy (non-hydrogen) atoms. The highest BCUT2D eigenvalue weighted by Gasteiger charge is 2.35. The molecule has 0 unspecified atom stereocenters. The number of hydrogen-bond acceptors (Lipinski definition) is 4. The molecule has 0 fully saturated rings. The van der Waals surface area contributed by atoms with Gasteiger partial charge in [-0.2, -0.15) is 24.9 Å². The van der Waals surface area contributed by atoms with Crippen LogP contribution < -0.4 is 0 Å². The van der Waals surface area contributed by atoms with Gasteiger partial charge in [-0.05, 0) is 23.8 Å². The van der Waals surface area contributed by atoms with Gasteiger partial charge in [0.15, 0.2) is 0 Å². The Morgan fingerprint density at radius 1 is 1.38 bits per heavy atom. The van der Waals surface area contributed by atoms with Gasteiger partial charge < -0.3 is 10.0 Å². The smallest absolute Gasteiger partial charge is 0.406 e. The summed E-state index contributed by atoms with van der Waals surface area (Å²) < 4.78 is 37.4. The molecular formula is C12H12F3NO3S2. The third-order valence-corrected chi connectivity index (χ3v) is 5.05. The fraction of sp³-hybridized carbons (Fsp3) is 0.500. The molecule has 0 atom stereocenters. The first kappa shape index (κ1) is 16.2. The number of carboxylic acid groups (broad SMARTS) is 1. The maximum Gasteiger partial charge on any atom is 0.406 e. The summed E-state index contributed by atoms with van der Waals surface area (Å²) in [6.07, 6.45) is -3.84. The maximum absolute atomic E-state index is 12.5. The van der Waals surface area contributed by atoms with Crippen LogP contribution in [-0.2, 0) is 17.0 Å². The molecule has 1 aromatic rings. The molecule has 4 nitrogen and oxygen atoms in total. The number of carbonyl (C=O) groups is 2. The Labute approximate surface area is 126 Å². The summed E-state index contributed by atoms with van der Waals surface area (Å²) in [5.74, 6) is -0.691. The first-order chi connectivity index (χ1) is 9.76. The third-order valence-electron chi connectivity index (χ3n) is 2.82. The summed E-state index contributed by atoms with van der Waals surface area (Å²) in [5, 5.41) is 8.68. The number of fused-ring (bicyclic) bond motifs is 1. The van der Waals surface area contributed by atoms with Crippen LogP contribution in [0.15, 0.2) is 6.07 Å². The minimum absolute atomic E-state index is 0.174. The van der Waals surface area contributed by atoms with Gasteiger partial charge in [0.25, 0.3) is 5.91 Å². The van der Waals surface area contributed by atoms with Crippen molar-refractivity contribution in [3.8, 4) is 0 Å². The van der Waals surface area contributed by atoms with E-state index in [0.29, 0.717) is 4.90 Å². The number of nitrogens with zero attached hydrogens (tertiary/aromatic N) is 1. The third kappa shape index (κ3) is 4.37. The van der Waals surface area contributed by atoms with Crippen LogP contribution in [0.2, 0.25) is 0 Å². The van der Waals surface area contributed by atoms with Gasteiger partial charge in [-0.25, -0.2) is 0 Å². The molecule has 2 rings (SSSR count). The first-order valence-electron chi connectivity index (χ1n) is 6.03. The molecule has 2 heterocycles. The largest absolute Gasteiger partial charge is 0.480 e. The second-order valence-corrected chi connectivity index (χ2v) is 6.77. The predicted octanol–water partition coefficient (Wildman–Crippen LogP) is 2.63. The van der Waals surface area contributed by atoms with E-state index in [0.717, 1.165) is 39.7 Å². The molecule has 0 saturated heterocycles. The SMILES string of the molecule is O=C(O)CN(CC(F)(F)F)C(=O)c1cc2c(s1)CCSC2. The Morgan fingerprint density at radius 3 is 2.67 bits per heavy atom. The Hall–Kier alpha value is -1.22. The predicted molar refractivity (Wildman–Crippen MR) is 73.8 cm³/mol. The molecular weight excluding hydrogens is 327 g/mol. The molecule has 1 aliphatic heterocycles. The van der Waals surface area contributed by atoms with Crippen LogP contribution in [0.5, 0.6) is 0 Å². The standard InChI is InChI=1S/C12H12F3NO3S2/c13-12(14,15)6-16(4-10(17)18)11(19)9-3-7-5-20-2-1-8(7)21-9/h3H,1-2,4-6H2,(H,17,18). The lowest BCUT2D eigenvalue weighted by atomic mass is 10.2. The van der Waals surface area contributed by atoms with Crippen molar-refractivity contribution < 1.29 is 27.9 Å². The number of amides is 1. The number of carbonyl (C=O) groups excluding carboxylic acids is 1. The van der Waals surface area contributed by atoms with E-state index < -0.39 is 31.1 Å². The zero-order valence-electron chi connectivity index (χ0n) is 10.8. The molecule has 9 heteroatoms. The number of thiophene rings is 1. The molecule has 1 aromatic heterocycles. The molecule has 0 spiro atoms. The van der Waals surface area contributed by atoms with Crippen molar-refractivity contribution in [2.45, 2.75) is 18.3 Å². The number of halogens is 3. The zero-order valence-corrected chi connectivity index (χ0v) is 12.4. The molecule has 1 amide bonds. The van der Waals surface area contributed by atoms with Gasteiger partial charge in [0.2, 0.25) is 0 Å². The summed E-state index contributed by atoms with van der Waals surface area (Å²) in [5.41, 5.74) is 0.960. The highest BCUT2D eigenvalue weighted by atomic mass is 32.2. The summed E-state index contributed by atoms with van der Waals surface area (Å²) in [4.78, 5) is 24.3. The van der Waals surface area contributed by atoms with Crippen molar-refractivity contribution in [1.29, 1.82) is 0 Å². The van der Waals surface area contributed by atoms with E-state index in [1.165, 1.54) is 0 Å². The van der Waals surface area contributed by atoms with Gasteiger partial charge in [-0.3, -0.25) is 9.59 Å². The average molecular weight is 339 g/mol. The number of aryl methyl sites for hydroxylation is 1. The van der Waals surface area contributed by atoms with E-state index in [-0.39, 0.29) is 4.88 Å². The second kappa shape index (κ2) is 6.27. The van der Waals surface area contributed by atoms with E-state index in [4.69, 9.17) is 5.11 Å². The molecule has 116 valence electrons. The van der Waals surface area contributed by atoms with Crippen molar-refractivity contribution in [3.63, 3.8) is 0 Å². The number of hydrogen-bond donors (Lipinski definition) is 1. The monoisotopic (exact) mass is 339 g/mol. The Morgan fingerprint density at radius 2 is 2.10 bits per heavy atom. The second-order valence-electron chi connectivity index (χ2n) is 4.53. The highest BCUT2D eigenvalue weighted by Crippen LogP contribution is 2.32. The minimum Gasteiger partial charge on any atom is -0.480 e. The molecule has 1 aliphatic rings. The highest BCUT2D eigenvalue weighted by molar-refractivity contribution is 7.98. The van der Waals surface area contributed by atoms with Crippen molar-refractivity contribution in [3.05, 3.63) is 21.4 Å². The Kier molecular flexibility index (Phi) is 4.82. The van der Waals surface area contributed by atoms with Gasteiger partial charge in [-0.15, -0.1) is 11.3 Å². The Bertz CT molecular complexity index is 533. The van der Waals surface area contributed by atoms with Crippen LogP contribution in [0.3, 0.4) is 0 Å². The van der Waals surface area contributed by atoms with Crippen LogP contribution in [0.4, 0.5) is 13.2 Å². The maximum atomic E-state index is 12.5. The van der Waals surface area contributed by atoms with Crippen molar-refractivity contribution in [1.82, 2.24) is 4.90 Å². The summed E-state index contributed by atoms with van der Waals surface area (Å²) in [6.45, 7) is -2.52. The lowest BCUT2D eigenvalue weighted by Crippen LogP contribution is -2.41. The van der Waals surface area contributed by atoms with E-state index >= 15 is 0 Å². The van der Waals surface area contributed by atoms with Crippen LogP contribution >= 0.6 is 23.1 Å². The molecule has 0 aromatic carbocycles. The van der Waals surface area contributed by atoms with Crippen LogP contribution in [0.1, 0.15) is 20.1 Å². The molecule has 1 N–H and O–H groups in total. The molecule has 0 aliphatic carbocycles. The normalized spacial score (nSPS) is 14.6. The van der Waals surface area contributed by atoms with Gasteiger partial charge in [0.05, 0.1) is 4.88 Å². The lowest BCUT2D eigenvalue weighted by Gasteiger charge is -2.21. The lowest BCUT2D eigenvalue weighted by molar-refractivity contribution is -0.149. The van der Waals surface area contributed by atoms with Crippen molar-refractivity contribution in [2.75, 3.05) is 18.8 Å². The van der Waals surface area contributed by atoms with E-state index in [2.05, 4.69) is 0 Å². The molecule has 0 bridgehead atoms. The van der Waals surface area contributed by atoms with Gasteiger partial charge >= 0.3 is 12.1 Å². The van der Waals surface area contributed by atoms with Crippen LogP contribution in [0.25, 0.3) is 0 Å². The number of thioether (sulfide) groups is 1. The van der Waals surface area contributed by atoms with Gasteiger partial charge in [0, 0.05) is 10.6 Å². The quantitative estimate of drug-likeness (QED) is 0.916. The Balaban J connectivity index is 2.20. The zero-order chi connectivity index (χ0) is 15.6. The van der Waals surface area contributed by atoms with E-state index in [1.54, 1.807) is 17.8 Å².